The van der Waals surface area contributed by atoms with Crippen LogP contribution in [0.1, 0.15) is 29.8 Å². The van der Waals surface area contributed by atoms with E-state index in [0.29, 0.717) is 10.7 Å². The number of hydrogen-bond donors (Lipinski definition) is 3. The lowest BCUT2D eigenvalue weighted by Gasteiger charge is -2.15. The highest BCUT2D eigenvalue weighted by atomic mass is 35.5. The minimum atomic E-state index is -0.0706. The number of halogens is 1. The summed E-state index contributed by atoms with van der Waals surface area (Å²) in [6.45, 7) is 2.01. The van der Waals surface area contributed by atoms with Crippen LogP contribution in [0, 0.1) is 0 Å². The molecule has 1 amide bonds. The van der Waals surface area contributed by atoms with Gasteiger partial charge in [0.05, 0.1) is 5.02 Å². The summed E-state index contributed by atoms with van der Waals surface area (Å²) in [5.74, 6) is -0.0706. The highest BCUT2D eigenvalue weighted by Gasteiger charge is 2.16. The Morgan fingerprint density at radius 1 is 1.44 bits per heavy atom. The van der Waals surface area contributed by atoms with Gasteiger partial charge in [-0.1, -0.05) is 11.6 Å². The first-order valence-electron chi connectivity index (χ1n) is 5.61. The Balaban J connectivity index is 1.90. The summed E-state index contributed by atoms with van der Waals surface area (Å²) in [4.78, 5) is 14.7. The summed E-state index contributed by atoms with van der Waals surface area (Å²) >= 11 is 5.75. The molecule has 1 unspecified atom stereocenters. The zero-order valence-electron chi connectivity index (χ0n) is 9.05. The molecule has 4 nitrogen and oxygen atoms in total. The monoisotopic (exact) mass is 241 g/mol. The molecule has 1 aliphatic rings. The third-order valence-corrected chi connectivity index (χ3v) is 3.02. The van der Waals surface area contributed by atoms with Crippen LogP contribution in [-0.4, -0.2) is 30.0 Å². The van der Waals surface area contributed by atoms with Gasteiger partial charge in [-0.25, -0.2) is 0 Å². The highest BCUT2D eigenvalue weighted by Crippen LogP contribution is 2.11. The number of rotatable bonds is 2. The normalized spacial score (nSPS) is 21.4. The molecule has 0 spiro atoms. The Kier molecular flexibility index (Phi) is 3.85. The van der Waals surface area contributed by atoms with Gasteiger partial charge in [-0.2, -0.15) is 0 Å². The van der Waals surface area contributed by atoms with Crippen LogP contribution in [0.15, 0.2) is 12.3 Å². The Labute approximate surface area is 99.8 Å². The van der Waals surface area contributed by atoms with E-state index in [9.17, 15) is 4.79 Å². The fourth-order valence-corrected chi connectivity index (χ4v) is 2.09. The molecule has 0 radical (unpaired) electrons. The number of H-pyrrole nitrogens is 1. The van der Waals surface area contributed by atoms with Gasteiger partial charge in [-0.05, 0) is 38.4 Å². The van der Waals surface area contributed by atoms with E-state index in [-0.39, 0.29) is 11.9 Å². The zero-order valence-corrected chi connectivity index (χ0v) is 9.81. The highest BCUT2D eigenvalue weighted by molar-refractivity contribution is 6.30. The van der Waals surface area contributed by atoms with Gasteiger partial charge in [-0.15, -0.1) is 0 Å². The second-order valence-electron chi connectivity index (χ2n) is 4.08. The zero-order chi connectivity index (χ0) is 11.4. The van der Waals surface area contributed by atoms with E-state index in [4.69, 9.17) is 11.6 Å². The van der Waals surface area contributed by atoms with Crippen molar-refractivity contribution in [2.45, 2.75) is 25.3 Å². The molecule has 1 aromatic heterocycles. The van der Waals surface area contributed by atoms with Gasteiger partial charge in [0.15, 0.2) is 0 Å². The van der Waals surface area contributed by atoms with Crippen LogP contribution in [0.4, 0.5) is 0 Å². The molecular weight excluding hydrogens is 226 g/mol. The van der Waals surface area contributed by atoms with E-state index in [2.05, 4.69) is 15.6 Å². The van der Waals surface area contributed by atoms with E-state index < -0.39 is 0 Å². The Morgan fingerprint density at radius 3 is 3.06 bits per heavy atom. The lowest BCUT2D eigenvalue weighted by molar-refractivity contribution is 0.0929. The van der Waals surface area contributed by atoms with Gasteiger partial charge in [0.1, 0.15) is 5.69 Å². The Hall–Kier alpha value is -1.00. The molecule has 3 N–H and O–H groups in total. The summed E-state index contributed by atoms with van der Waals surface area (Å²) in [5, 5.41) is 6.90. The molecule has 88 valence electrons. The van der Waals surface area contributed by atoms with Crippen molar-refractivity contribution in [2.75, 3.05) is 13.1 Å². The molecule has 2 heterocycles. The number of carbonyl (C=O) groups is 1. The van der Waals surface area contributed by atoms with Gasteiger partial charge >= 0.3 is 0 Å². The number of aromatic nitrogens is 1. The number of aromatic amines is 1. The van der Waals surface area contributed by atoms with E-state index >= 15 is 0 Å². The third kappa shape index (κ3) is 3.00. The van der Waals surface area contributed by atoms with Crippen molar-refractivity contribution in [3.8, 4) is 0 Å². The van der Waals surface area contributed by atoms with Crippen LogP contribution < -0.4 is 10.6 Å². The molecule has 1 fully saturated rings. The smallest absolute Gasteiger partial charge is 0.267 e. The van der Waals surface area contributed by atoms with Gasteiger partial charge in [-0.3, -0.25) is 4.79 Å². The molecule has 2 rings (SSSR count). The van der Waals surface area contributed by atoms with E-state index in [1.54, 1.807) is 12.3 Å². The Morgan fingerprint density at radius 2 is 2.31 bits per heavy atom. The maximum absolute atomic E-state index is 11.8. The van der Waals surface area contributed by atoms with Crippen LogP contribution in [-0.2, 0) is 0 Å². The molecule has 0 aliphatic carbocycles. The SMILES string of the molecule is O=C(NC1CCCNCC1)c1cc(Cl)c[nH]1. The fraction of sp³-hybridized carbons (Fsp3) is 0.545. The number of hydrogen-bond acceptors (Lipinski definition) is 2. The number of amides is 1. The van der Waals surface area contributed by atoms with Crippen molar-refractivity contribution in [3.05, 3.63) is 23.0 Å². The van der Waals surface area contributed by atoms with Gasteiger partial charge in [0, 0.05) is 12.2 Å². The standard InChI is InChI=1S/C11H16ClN3O/c12-8-6-10(14-7-8)11(16)15-9-2-1-4-13-5-3-9/h6-7,9,13-14H,1-5H2,(H,15,16). The molecule has 1 aromatic rings. The third-order valence-electron chi connectivity index (χ3n) is 2.80. The molecule has 5 heteroatoms. The summed E-state index contributed by atoms with van der Waals surface area (Å²) in [6.07, 6.45) is 4.74. The first-order valence-corrected chi connectivity index (χ1v) is 5.99. The maximum atomic E-state index is 11.8. The molecule has 1 aliphatic heterocycles. The Bertz CT molecular complexity index is 356. The van der Waals surface area contributed by atoms with Crippen LogP contribution in [0.3, 0.4) is 0 Å². The van der Waals surface area contributed by atoms with Crippen molar-refractivity contribution in [1.82, 2.24) is 15.6 Å². The van der Waals surface area contributed by atoms with Gasteiger partial charge in [0.25, 0.3) is 5.91 Å². The molecule has 1 atom stereocenters. The minimum Gasteiger partial charge on any atom is -0.356 e. The van der Waals surface area contributed by atoms with Crippen LogP contribution in [0.5, 0.6) is 0 Å². The van der Waals surface area contributed by atoms with Crippen molar-refractivity contribution >= 4 is 17.5 Å². The van der Waals surface area contributed by atoms with Crippen LogP contribution in [0.2, 0.25) is 5.02 Å². The van der Waals surface area contributed by atoms with E-state index in [1.165, 1.54) is 0 Å². The minimum absolute atomic E-state index is 0.0706. The molecular formula is C11H16ClN3O. The number of carbonyl (C=O) groups excluding carboxylic acids is 1. The molecule has 0 saturated carbocycles. The first kappa shape index (κ1) is 11.5. The van der Waals surface area contributed by atoms with Gasteiger partial charge < -0.3 is 15.6 Å². The second kappa shape index (κ2) is 5.37. The van der Waals surface area contributed by atoms with Crippen molar-refractivity contribution in [1.29, 1.82) is 0 Å². The predicted molar refractivity (Wildman–Crippen MR) is 63.8 cm³/mol. The van der Waals surface area contributed by atoms with E-state index in [1.807, 2.05) is 0 Å². The average molecular weight is 242 g/mol. The molecule has 1 saturated heterocycles. The summed E-state index contributed by atoms with van der Waals surface area (Å²) in [7, 11) is 0. The largest absolute Gasteiger partial charge is 0.356 e. The summed E-state index contributed by atoms with van der Waals surface area (Å²) < 4.78 is 0. The maximum Gasteiger partial charge on any atom is 0.267 e. The van der Waals surface area contributed by atoms with E-state index in [0.717, 1.165) is 32.4 Å². The lowest BCUT2D eigenvalue weighted by Crippen LogP contribution is -2.35. The second-order valence-corrected chi connectivity index (χ2v) is 4.52. The van der Waals surface area contributed by atoms with Gasteiger partial charge in [0.2, 0.25) is 0 Å². The molecule has 0 aromatic carbocycles. The predicted octanol–water partition coefficient (Wildman–Crippen LogP) is 1.54. The fourth-order valence-electron chi connectivity index (χ4n) is 1.93. The van der Waals surface area contributed by atoms with Crippen molar-refractivity contribution in [3.63, 3.8) is 0 Å². The lowest BCUT2D eigenvalue weighted by atomic mass is 10.1. The van der Waals surface area contributed by atoms with Crippen LogP contribution in [0.25, 0.3) is 0 Å². The summed E-state index contributed by atoms with van der Waals surface area (Å²) in [6, 6.07) is 1.91. The molecule has 0 bridgehead atoms. The van der Waals surface area contributed by atoms with Crippen molar-refractivity contribution < 1.29 is 4.79 Å². The first-order chi connectivity index (χ1) is 7.75. The van der Waals surface area contributed by atoms with Crippen LogP contribution >= 0.6 is 11.6 Å². The average Bonchev–Trinajstić information content (AvgIpc) is 2.54. The topological polar surface area (TPSA) is 56.9 Å². The summed E-state index contributed by atoms with van der Waals surface area (Å²) in [5.41, 5.74) is 0.530. The molecule has 16 heavy (non-hydrogen) atoms. The van der Waals surface area contributed by atoms with Crippen molar-refractivity contribution in [2.24, 2.45) is 0 Å². The number of nitrogens with one attached hydrogen (secondary N) is 3. The quantitative estimate of drug-likeness (QED) is 0.736.